The van der Waals surface area contributed by atoms with Gasteiger partial charge in [0, 0.05) is 5.02 Å². The average molecular weight is 394 g/mol. The van der Waals surface area contributed by atoms with Crippen LogP contribution in [0.4, 0.5) is 4.39 Å². The van der Waals surface area contributed by atoms with Crippen molar-refractivity contribution in [3.05, 3.63) is 101 Å². The van der Waals surface area contributed by atoms with E-state index in [-0.39, 0.29) is 10.6 Å². The number of hydrogen-bond donors (Lipinski definition) is 2. The Balaban J connectivity index is 1.67. The summed E-state index contributed by atoms with van der Waals surface area (Å²) in [6, 6.07) is 21.0. The number of fused-ring (bicyclic) bond motifs is 1. The van der Waals surface area contributed by atoms with Gasteiger partial charge in [-0.05, 0) is 42.3 Å². The zero-order chi connectivity index (χ0) is 19.5. The quantitative estimate of drug-likeness (QED) is 0.497. The molecule has 0 bridgehead atoms. The van der Waals surface area contributed by atoms with E-state index in [9.17, 15) is 9.18 Å². The predicted molar refractivity (Wildman–Crippen MR) is 108 cm³/mol. The van der Waals surface area contributed by atoms with Gasteiger partial charge in [0.1, 0.15) is 11.6 Å². The molecule has 4 rings (SSSR count). The molecule has 140 valence electrons. The number of carbonyl (C=O) groups is 1. The first-order valence-electron chi connectivity index (χ1n) is 8.84. The summed E-state index contributed by atoms with van der Waals surface area (Å²) in [5, 5.41) is 3.15. The van der Waals surface area contributed by atoms with Crippen molar-refractivity contribution in [3.8, 4) is 0 Å². The molecule has 0 fully saturated rings. The Kier molecular flexibility index (Phi) is 5.08. The maximum atomic E-state index is 14.2. The lowest BCUT2D eigenvalue weighted by Gasteiger charge is -2.17. The van der Waals surface area contributed by atoms with Crippen LogP contribution in [-0.2, 0) is 6.42 Å². The van der Waals surface area contributed by atoms with Crippen LogP contribution in [0.2, 0.25) is 5.02 Å². The number of para-hydroxylation sites is 2. The minimum atomic E-state index is -0.659. The summed E-state index contributed by atoms with van der Waals surface area (Å²) in [4.78, 5) is 20.6. The van der Waals surface area contributed by atoms with Crippen molar-refractivity contribution in [1.82, 2.24) is 15.3 Å². The molecule has 2 N–H and O–H groups in total. The number of aromatic amines is 1. The molecule has 4 aromatic rings. The number of aromatic nitrogens is 2. The molecule has 0 aliphatic rings. The Bertz CT molecular complexity index is 1090. The summed E-state index contributed by atoms with van der Waals surface area (Å²) in [7, 11) is 0. The van der Waals surface area contributed by atoms with Crippen LogP contribution >= 0.6 is 11.6 Å². The van der Waals surface area contributed by atoms with Gasteiger partial charge in [-0.3, -0.25) is 4.79 Å². The summed E-state index contributed by atoms with van der Waals surface area (Å²) < 4.78 is 14.2. The number of hydrogen-bond acceptors (Lipinski definition) is 2. The molecule has 6 heteroatoms. The number of amides is 1. The van der Waals surface area contributed by atoms with E-state index in [0.717, 1.165) is 22.7 Å². The first kappa shape index (κ1) is 18.2. The van der Waals surface area contributed by atoms with Crippen LogP contribution in [0.3, 0.4) is 0 Å². The molecule has 0 radical (unpaired) electrons. The highest BCUT2D eigenvalue weighted by molar-refractivity contribution is 6.30. The fourth-order valence-electron chi connectivity index (χ4n) is 3.11. The first-order chi connectivity index (χ1) is 13.6. The molecule has 0 aliphatic heterocycles. The molecule has 0 saturated heterocycles. The summed E-state index contributed by atoms with van der Waals surface area (Å²) in [5.41, 5.74) is 2.66. The smallest absolute Gasteiger partial charge is 0.254 e. The number of nitrogens with one attached hydrogen (secondary N) is 2. The van der Waals surface area contributed by atoms with Crippen molar-refractivity contribution in [2.75, 3.05) is 0 Å². The predicted octanol–water partition coefficient (Wildman–Crippen LogP) is 5.07. The normalized spacial score (nSPS) is 12.1. The fraction of sp³-hybridized carbons (Fsp3) is 0.0909. The zero-order valence-corrected chi connectivity index (χ0v) is 15.6. The van der Waals surface area contributed by atoms with Gasteiger partial charge in [0.2, 0.25) is 0 Å². The minimum absolute atomic E-state index is 0.0569. The van der Waals surface area contributed by atoms with E-state index in [1.807, 2.05) is 54.6 Å². The maximum Gasteiger partial charge on any atom is 0.254 e. The first-order valence-corrected chi connectivity index (χ1v) is 9.22. The highest BCUT2D eigenvalue weighted by Crippen LogP contribution is 2.21. The Morgan fingerprint density at radius 1 is 1.07 bits per heavy atom. The molecule has 1 atom stereocenters. The van der Waals surface area contributed by atoms with Crippen molar-refractivity contribution in [2.45, 2.75) is 12.5 Å². The van der Waals surface area contributed by atoms with Gasteiger partial charge in [-0.15, -0.1) is 0 Å². The van der Waals surface area contributed by atoms with Crippen molar-refractivity contribution in [1.29, 1.82) is 0 Å². The van der Waals surface area contributed by atoms with E-state index < -0.39 is 17.8 Å². The Hall–Kier alpha value is -3.18. The van der Waals surface area contributed by atoms with Crippen LogP contribution in [0.25, 0.3) is 11.0 Å². The second-order valence-corrected chi connectivity index (χ2v) is 6.92. The van der Waals surface area contributed by atoms with Crippen molar-refractivity contribution >= 4 is 28.5 Å². The Morgan fingerprint density at radius 3 is 2.57 bits per heavy atom. The SMILES string of the molecule is O=C(N[C@@H](Cc1ccccc1)c1nc2ccccc2[nH]1)c1ccc(Cl)cc1F. The van der Waals surface area contributed by atoms with Gasteiger partial charge < -0.3 is 10.3 Å². The third-order valence-electron chi connectivity index (χ3n) is 4.50. The standard InChI is InChI=1S/C22H17ClFN3O/c23-15-10-11-16(17(24)13-15)22(28)27-20(12-14-6-2-1-3-7-14)21-25-18-8-4-5-9-19(18)26-21/h1-11,13,20H,12H2,(H,25,26)(H,27,28)/t20-/m0/s1. The van der Waals surface area contributed by atoms with Crippen molar-refractivity contribution in [2.24, 2.45) is 0 Å². The minimum Gasteiger partial charge on any atom is -0.342 e. The van der Waals surface area contributed by atoms with E-state index in [2.05, 4.69) is 15.3 Å². The molecule has 0 aliphatic carbocycles. The molecule has 3 aromatic carbocycles. The van der Waals surface area contributed by atoms with Gasteiger partial charge in [0.05, 0.1) is 22.6 Å². The van der Waals surface area contributed by atoms with Gasteiger partial charge >= 0.3 is 0 Å². The molecular weight excluding hydrogens is 377 g/mol. The number of nitrogens with zero attached hydrogens (tertiary/aromatic N) is 1. The van der Waals surface area contributed by atoms with E-state index in [1.54, 1.807) is 0 Å². The number of carbonyl (C=O) groups excluding carboxylic acids is 1. The molecule has 4 nitrogen and oxygen atoms in total. The third kappa shape index (κ3) is 3.89. The maximum absolute atomic E-state index is 14.2. The molecule has 0 spiro atoms. The fourth-order valence-corrected chi connectivity index (χ4v) is 3.27. The molecule has 1 amide bonds. The largest absolute Gasteiger partial charge is 0.342 e. The van der Waals surface area contributed by atoms with E-state index in [1.165, 1.54) is 12.1 Å². The summed E-state index contributed by atoms with van der Waals surface area (Å²) in [5.74, 6) is -0.559. The van der Waals surface area contributed by atoms with E-state index in [4.69, 9.17) is 11.6 Å². The number of rotatable bonds is 5. The number of imidazole rings is 1. The van der Waals surface area contributed by atoms with Crippen molar-refractivity contribution < 1.29 is 9.18 Å². The van der Waals surface area contributed by atoms with Gasteiger partial charge in [-0.1, -0.05) is 54.1 Å². The third-order valence-corrected chi connectivity index (χ3v) is 4.74. The zero-order valence-electron chi connectivity index (χ0n) is 14.8. The van der Waals surface area contributed by atoms with E-state index in [0.29, 0.717) is 12.2 Å². The molecule has 0 saturated carbocycles. The van der Waals surface area contributed by atoms with Gasteiger partial charge in [-0.25, -0.2) is 9.37 Å². The topological polar surface area (TPSA) is 57.8 Å². The number of H-pyrrole nitrogens is 1. The highest BCUT2D eigenvalue weighted by Gasteiger charge is 2.21. The van der Waals surface area contributed by atoms with Crippen LogP contribution in [0.5, 0.6) is 0 Å². The lowest BCUT2D eigenvalue weighted by Crippen LogP contribution is -2.31. The van der Waals surface area contributed by atoms with Crippen LogP contribution in [-0.4, -0.2) is 15.9 Å². The molecule has 0 unspecified atom stereocenters. The summed E-state index contributed by atoms with van der Waals surface area (Å²) in [6.45, 7) is 0. The molecule has 1 heterocycles. The van der Waals surface area contributed by atoms with Gasteiger partial charge in [-0.2, -0.15) is 0 Å². The average Bonchev–Trinajstić information content (AvgIpc) is 3.12. The van der Waals surface area contributed by atoms with Crippen LogP contribution in [0.15, 0.2) is 72.8 Å². The lowest BCUT2D eigenvalue weighted by atomic mass is 10.0. The van der Waals surface area contributed by atoms with Crippen LogP contribution in [0, 0.1) is 5.82 Å². The number of halogens is 2. The lowest BCUT2D eigenvalue weighted by molar-refractivity contribution is 0.0931. The van der Waals surface area contributed by atoms with Crippen molar-refractivity contribution in [3.63, 3.8) is 0 Å². The Morgan fingerprint density at radius 2 is 1.82 bits per heavy atom. The van der Waals surface area contributed by atoms with Gasteiger partial charge in [0.25, 0.3) is 5.91 Å². The van der Waals surface area contributed by atoms with Crippen LogP contribution in [0.1, 0.15) is 27.8 Å². The number of benzene rings is 3. The Labute approximate surface area is 166 Å². The summed E-state index contributed by atoms with van der Waals surface area (Å²) in [6.07, 6.45) is 0.515. The molecule has 1 aromatic heterocycles. The molecular formula is C22H17ClFN3O. The van der Waals surface area contributed by atoms with Gasteiger partial charge in [0.15, 0.2) is 0 Å². The monoisotopic (exact) mass is 393 g/mol. The van der Waals surface area contributed by atoms with E-state index >= 15 is 0 Å². The van der Waals surface area contributed by atoms with Crippen LogP contribution < -0.4 is 5.32 Å². The summed E-state index contributed by atoms with van der Waals surface area (Å²) >= 11 is 5.79. The second kappa shape index (κ2) is 7.82. The second-order valence-electron chi connectivity index (χ2n) is 6.48. The molecule has 28 heavy (non-hydrogen) atoms. The highest BCUT2D eigenvalue weighted by atomic mass is 35.5.